The normalized spacial score (nSPS) is 17.7. The molecule has 4 atom stereocenters. The summed E-state index contributed by atoms with van der Waals surface area (Å²) >= 11 is 5.15. The molecule has 0 radical (unpaired) electrons. The van der Waals surface area contributed by atoms with Gasteiger partial charge in [-0.05, 0) is 42.2 Å². The van der Waals surface area contributed by atoms with E-state index in [2.05, 4.69) is 71.0 Å². The van der Waals surface area contributed by atoms with Gasteiger partial charge in [0.25, 0.3) is 0 Å². The van der Waals surface area contributed by atoms with Crippen molar-refractivity contribution in [3.63, 3.8) is 0 Å². The van der Waals surface area contributed by atoms with Crippen LogP contribution in [0.15, 0.2) is 79.3 Å². The van der Waals surface area contributed by atoms with Crippen molar-refractivity contribution < 1.29 is 4.74 Å². The van der Waals surface area contributed by atoms with Crippen LogP contribution in [-0.4, -0.2) is 39.2 Å². The summed E-state index contributed by atoms with van der Waals surface area (Å²) in [5, 5.41) is 20.5. The van der Waals surface area contributed by atoms with Crippen molar-refractivity contribution in [1.29, 1.82) is 5.26 Å². The maximum Gasteiger partial charge on any atom is 0.237 e. The van der Waals surface area contributed by atoms with E-state index in [9.17, 15) is 0 Å². The second-order valence-electron chi connectivity index (χ2n) is 10.0. The van der Waals surface area contributed by atoms with Crippen molar-refractivity contribution in [1.82, 2.24) is 20.1 Å². The molecule has 0 fully saturated rings. The SMILES string of the molecule is C[C@@H](CN[C@@](C)(c1ccccc1)C(S)[C@@H]1CNc2cc(-c3cnn(C)c3)cnc2O1)c1ccc(C#N)cc1. The molecule has 0 saturated carbocycles. The molecule has 38 heavy (non-hydrogen) atoms. The van der Waals surface area contributed by atoms with E-state index in [4.69, 9.17) is 22.6 Å². The number of hydrogen-bond acceptors (Lipinski definition) is 7. The number of hydrogen-bond donors (Lipinski definition) is 3. The molecule has 1 unspecified atom stereocenters. The monoisotopic (exact) mass is 524 g/mol. The van der Waals surface area contributed by atoms with Crippen LogP contribution in [0.5, 0.6) is 5.88 Å². The molecule has 4 aromatic rings. The fourth-order valence-corrected chi connectivity index (χ4v) is 5.28. The lowest BCUT2D eigenvalue weighted by atomic mass is 9.84. The molecule has 2 N–H and O–H groups in total. The van der Waals surface area contributed by atoms with Gasteiger partial charge in [-0.3, -0.25) is 4.68 Å². The lowest BCUT2D eigenvalue weighted by Crippen LogP contribution is -2.56. The van der Waals surface area contributed by atoms with Crippen molar-refractivity contribution in [3.8, 4) is 23.1 Å². The number of aryl methyl sites for hydroxylation is 1. The van der Waals surface area contributed by atoms with Gasteiger partial charge in [-0.15, -0.1) is 0 Å². The third kappa shape index (κ3) is 5.26. The number of fused-ring (bicyclic) bond motifs is 1. The highest BCUT2D eigenvalue weighted by molar-refractivity contribution is 7.81. The summed E-state index contributed by atoms with van der Waals surface area (Å²) in [6.07, 6.45) is 5.40. The van der Waals surface area contributed by atoms with Gasteiger partial charge in [0, 0.05) is 37.1 Å². The van der Waals surface area contributed by atoms with Crippen molar-refractivity contribution >= 4 is 18.3 Å². The second-order valence-corrected chi connectivity index (χ2v) is 10.6. The van der Waals surface area contributed by atoms with E-state index >= 15 is 0 Å². The first-order chi connectivity index (χ1) is 18.4. The molecule has 0 aliphatic carbocycles. The standard InChI is InChI=1S/C30H32N6OS/c1-20(22-11-9-21(14-31)10-12-22)15-34-30(2,25-7-5-4-6-8-25)28(38)27-18-32-26-13-23(16-33-29(26)37-27)24-17-35-36(3)19-24/h4-13,16-17,19-20,27-28,32,34,38H,15,18H2,1-3H3/t20-,27-,28?,30-/m0/s1. The van der Waals surface area contributed by atoms with Crippen LogP contribution in [0.4, 0.5) is 5.69 Å². The third-order valence-corrected chi connectivity index (χ3v) is 8.20. The molecular formula is C30H32N6OS. The minimum absolute atomic E-state index is 0.182. The molecule has 0 amide bonds. The van der Waals surface area contributed by atoms with Gasteiger partial charge in [0.2, 0.25) is 5.88 Å². The maximum atomic E-state index is 9.12. The Bertz CT molecular complexity index is 1430. The van der Waals surface area contributed by atoms with E-state index in [1.54, 1.807) is 4.68 Å². The van der Waals surface area contributed by atoms with Crippen LogP contribution in [-0.2, 0) is 12.6 Å². The molecule has 0 bridgehead atoms. The van der Waals surface area contributed by atoms with Gasteiger partial charge in [0.1, 0.15) is 6.10 Å². The zero-order valence-corrected chi connectivity index (χ0v) is 22.7. The first-order valence-electron chi connectivity index (χ1n) is 12.8. The number of nitrogens with zero attached hydrogens (tertiary/aromatic N) is 4. The average molecular weight is 525 g/mol. The molecule has 2 aromatic heterocycles. The topological polar surface area (TPSA) is 87.8 Å². The van der Waals surface area contributed by atoms with Crippen LogP contribution >= 0.6 is 12.6 Å². The number of benzene rings is 2. The smallest absolute Gasteiger partial charge is 0.237 e. The first-order valence-corrected chi connectivity index (χ1v) is 13.3. The van der Waals surface area contributed by atoms with Crippen molar-refractivity contribution in [2.75, 3.05) is 18.4 Å². The van der Waals surface area contributed by atoms with E-state index in [0.29, 0.717) is 18.0 Å². The number of nitriles is 1. The molecule has 1 aliphatic rings. The summed E-state index contributed by atoms with van der Waals surface area (Å²) in [5.74, 6) is 0.819. The predicted octanol–water partition coefficient (Wildman–Crippen LogP) is 5.13. The number of rotatable bonds is 8. The Hall–Kier alpha value is -3.80. The number of anilines is 1. The van der Waals surface area contributed by atoms with E-state index in [-0.39, 0.29) is 17.3 Å². The van der Waals surface area contributed by atoms with Crippen LogP contribution in [0.25, 0.3) is 11.1 Å². The molecule has 1 aliphatic heterocycles. The molecule has 7 nitrogen and oxygen atoms in total. The van der Waals surface area contributed by atoms with Gasteiger partial charge in [-0.2, -0.15) is 23.0 Å². The van der Waals surface area contributed by atoms with Crippen LogP contribution < -0.4 is 15.4 Å². The summed E-state index contributed by atoms with van der Waals surface area (Å²) < 4.78 is 8.21. The number of aromatic nitrogens is 3. The molecule has 5 rings (SSSR count). The average Bonchev–Trinajstić information content (AvgIpc) is 3.41. The second kappa shape index (κ2) is 10.9. The van der Waals surface area contributed by atoms with Crippen LogP contribution in [0.3, 0.4) is 0 Å². The predicted molar refractivity (Wildman–Crippen MR) is 153 cm³/mol. The lowest BCUT2D eigenvalue weighted by molar-refractivity contribution is 0.151. The highest BCUT2D eigenvalue weighted by Crippen LogP contribution is 2.37. The Morgan fingerprint density at radius 1 is 1.18 bits per heavy atom. The summed E-state index contributed by atoms with van der Waals surface area (Å²) in [6, 6.07) is 22.4. The molecule has 3 heterocycles. The van der Waals surface area contributed by atoms with E-state index in [1.807, 2.05) is 56.0 Å². The fraction of sp³-hybridized carbons (Fsp3) is 0.300. The molecular weight excluding hydrogens is 492 g/mol. The van der Waals surface area contributed by atoms with Crippen molar-refractivity contribution in [3.05, 3.63) is 95.9 Å². The van der Waals surface area contributed by atoms with Gasteiger partial charge < -0.3 is 15.4 Å². The summed E-state index contributed by atoms with van der Waals surface area (Å²) in [6.45, 7) is 5.71. The van der Waals surface area contributed by atoms with Gasteiger partial charge >= 0.3 is 0 Å². The number of nitrogens with one attached hydrogen (secondary N) is 2. The van der Waals surface area contributed by atoms with Crippen molar-refractivity contribution in [2.24, 2.45) is 7.05 Å². The number of ether oxygens (including phenoxy) is 1. The summed E-state index contributed by atoms with van der Waals surface area (Å²) in [7, 11) is 1.90. The van der Waals surface area contributed by atoms with Crippen LogP contribution in [0.2, 0.25) is 0 Å². The maximum absolute atomic E-state index is 9.12. The zero-order valence-electron chi connectivity index (χ0n) is 21.8. The quantitative estimate of drug-likeness (QED) is 0.277. The molecule has 194 valence electrons. The Morgan fingerprint density at radius 3 is 2.63 bits per heavy atom. The van der Waals surface area contributed by atoms with Gasteiger partial charge in [-0.25, -0.2) is 4.98 Å². The number of pyridine rings is 1. The van der Waals surface area contributed by atoms with Crippen LogP contribution in [0, 0.1) is 11.3 Å². The minimum Gasteiger partial charge on any atom is -0.470 e. The Morgan fingerprint density at radius 2 is 1.95 bits per heavy atom. The molecule has 0 saturated heterocycles. The van der Waals surface area contributed by atoms with E-state index < -0.39 is 5.54 Å². The minimum atomic E-state index is -0.481. The Kier molecular flexibility index (Phi) is 7.41. The van der Waals surface area contributed by atoms with Gasteiger partial charge in [0.05, 0.1) is 40.9 Å². The Labute approximate surface area is 229 Å². The van der Waals surface area contributed by atoms with E-state index in [0.717, 1.165) is 28.9 Å². The molecule has 2 aromatic carbocycles. The van der Waals surface area contributed by atoms with E-state index in [1.165, 1.54) is 5.56 Å². The fourth-order valence-electron chi connectivity index (χ4n) is 4.88. The summed E-state index contributed by atoms with van der Waals surface area (Å²) in [5.41, 5.74) is 5.37. The number of thiol groups is 1. The molecule has 0 spiro atoms. The first kappa shape index (κ1) is 25.8. The third-order valence-electron chi connectivity index (χ3n) is 7.35. The zero-order chi connectivity index (χ0) is 26.7. The highest BCUT2D eigenvalue weighted by Gasteiger charge is 2.41. The Balaban J connectivity index is 1.35. The largest absolute Gasteiger partial charge is 0.470 e. The molecule has 8 heteroatoms. The summed E-state index contributed by atoms with van der Waals surface area (Å²) in [4.78, 5) is 4.62. The van der Waals surface area contributed by atoms with Crippen LogP contribution in [0.1, 0.15) is 36.5 Å². The van der Waals surface area contributed by atoms with Gasteiger partial charge in [0.15, 0.2) is 0 Å². The van der Waals surface area contributed by atoms with Gasteiger partial charge in [-0.1, -0.05) is 49.4 Å². The highest BCUT2D eigenvalue weighted by atomic mass is 32.1. The lowest BCUT2D eigenvalue weighted by Gasteiger charge is -2.42. The van der Waals surface area contributed by atoms with Crippen molar-refractivity contribution in [2.45, 2.75) is 36.7 Å².